The highest BCUT2D eigenvalue weighted by Crippen LogP contribution is 2.19. The number of quaternary nitrogens is 1. The van der Waals surface area contributed by atoms with Crippen LogP contribution in [0.2, 0.25) is 0 Å². The Balaban J connectivity index is 0.000000396. The number of benzene rings is 1. The number of nitrogens with two attached hydrogens (primary N) is 2. The molecule has 0 bridgehead atoms. The van der Waals surface area contributed by atoms with E-state index in [1.165, 1.54) is 17.0 Å². The van der Waals surface area contributed by atoms with Gasteiger partial charge in [0.2, 0.25) is 0 Å². The predicted molar refractivity (Wildman–Crippen MR) is 80.2 cm³/mol. The third kappa shape index (κ3) is 6.93. The molecule has 0 amide bonds. The highest BCUT2D eigenvalue weighted by atomic mass is 32.2. The van der Waals surface area contributed by atoms with Gasteiger partial charge in [0.25, 0.3) is 0 Å². The number of anilines is 2. The van der Waals surface area contributed by atoms with Crippen molar-refractivity contribution < 1.29 is 17.9 Å². The van der Waals surface area contributed by atoms with E-state index in [1.807, 2.05) is 12.2 Å². The first kappa shape index (κ1) is 18.2. The average Bonchev–Trinajstić information content (AvgIpc) is 2.28. The molecule has 0 aromatic heterocycles. The largest absolute Gasteiger partial charge is 0.744 e. The number of likely N-dealkylation sites (N-methyl/N-ethyl adjacent to an activating group) is 1. The minimum Gasteiger partial charge on any atom is -0.744 e. The minimum atomic E-state index is -4.48. The van der Waals surface area contributed by atoms with E-state index in [2.05, 4.69) is 20.2 Å². The van der Waals surface area contributed by atoms with Gasteiger partial charge in [0.1, 0.15) is 10.1 Å². The molecule has 0 heterocycles. The molecule has 0 aliphatic carbocycles. The van der Waals surface area contributed by atoms with Crippen LogP contribution in [-0.2, 0) is 10.1 Å². The zero-order valence-electron chi connectivity index (χ0n) is 11.5. The molecule has 0 aliphatic heterocycles. The summed E-state index contributed by atoms with van der Waals surface area (Å²) in [6.07, 6.45) is 3.83. The summed E-state index contributed by atoms with van der Waals surface area (Å²) in [5.41, 5.74) is 10.7. The molecule has 5 N–H and O–H groups in total. The molecule has 0 saturated heterocycles. The van der Waals surface area contributed by atoms with Crippen LogP contribution in [-0.4, -0.2) is 33.1 Å². The van der Waals surface area contributed by atoms with E-state index in [9.17, 15) is 13.0 Å². The van der Waals surface area contributed by atoms with Crippen molar-refractivity contribution in [1.29, 1.82) is 0 Å². The minimum absolute atomic E-state index is 0.120. The zero-order chi connectivity index (χ0) is 15.8. The second kappa shape index (κ2) is 8.36. The van der Waals surface area contributed by atoms with Crippen LogP contribution in [0.15, 0.2) is 48.4 Å². The van der Waals surface area contributed by atoms with E-state index >= 15 is 0 Å². The predicted octanol–water partition coefficient (Wildman–Crippen LogP) is -0.372. The maximum atomic E-state index is 10.5. The van der Waals surface area contributed by atoms with E-state index in [0.717, 1.165) is 19.2 Å². The van der Waals surface area contributed by atoms with Crippen LogP contribution in [0.1, 0.15) is 0 Å². The Kier molecular flexibility index (Phi) is 7.60. The van der Waals surface area contributed by atoms with Gasteiger partial charge in [-0.05, 0) is 30.4 Å². The maximum absolute atomic E-state index is 10.5. The Morgan fingerprint density at radius 3 is 2.10 bits per heavy atom. The lowest BCUT2D eigenvalue weighted by atomic mass is 10.3. The van der Waals surface area contributed by atoms with Crippen LogP contribution >= 0.6 is 0 Å². The maximum Gasteiger partial charge on any atom is 0.126 e. The van der Waals surface area contributed by atoms with Crippen molar-refractivity contribution in [3.63, 3.8) is 0 Å². The second-order valence-corrected chi connectivity index (χ2v) is 5.54. The van der Waals surface area contributed by atoms with Crippen LogP contribution in [0.5, 0.6) is 0 Å². The van der Waals surface area contributed by atoms with Gasteiger partial charge in [-0.1, -0.05) is 13.2 Å². The summed E-state index contributed by atoms with van der Waals surface area (Å²) in [5, 5.41) is 0. The molecular formula is C13H21N3O3S. The van der Waals surface area contributed by atoms with Gasteiger partial charge in [-0.15, -0.1) is 0 Å². The van der Waals surface area contributed by atoms with E-state index in [4.69, 9.17) is 11.5 Å². The summed E-state index contributed by atoms with van der Waals surface area (Å²) in [6, 6.07) is 3.62. The van der Waals surface area contributed by atoms with Gasteiger partial charge >= 0.3 is 0 Å². The molecule has 0 saturated carbocycles. The Bertz CT molecular complexity index is 546. The van der Waals surface area contributed by atoms with Gasteiger partial charge in [0.05, 0.1) is 30.7 Å². The van der Waals surface area contributed by atoms with Crippen LogP contribution in [0.4, 0.5) is 11.4 Å². The molecule has 1 rings (SSSR count). The molecule has 0 radical (unpaired) electrons. The Hall–Kier alpha value is -1.83. The molecule has 1 aromatic rings. The number of nitrogens with one attached hydrogen (secondary N) is 1. The molecule has 1 aromatic carbocycles. The molecular weight excluding hydrogens is 278 g/mol. The number of hydrogen-bond acceptors (Lipinski definition) is 5. The molecule has 0 atom stereocenters. The van der Waals surface area contributed by atoms with E-state index in [0.29, 0.717) is 5.69 Å². The Labute approximate surface area is 120 Å². The smallest absolute Gasteiger partial charge is 0.126 e. The lowest BCUT2D eigenvalue weighted by Gasteiger charge is -2.09. The van der Waals surface area contributed by atoms with Gasteiger partial charge in [0.15, 0.2) is 0 Å². The fraction of sp³-hybridized carbons (Fsp3) is 0.231. The van der Waals surface area contributed by atoms with Crippen LogP contribution < -0.4 is 16.4 Å². The van der Waals surface area contributed by atoms with Gasteiger partial charge in [-0.3, -0.25) is 0 Å². The molecule has 112 valence electrons. The molecule has 0 aliphatic rings. The third-order valence-electron chi connectivity index (χ3n) is 2.29. The number of nitrogen functional groups attached to an aromatic ring is 2. The van der Waals surface area contributed by atoms with Gasteiger partial charge in [-0.25, -0.2) is 8.42 Å². The van der Waals surface area contributed by atoms with Crippen molar-refractivity contribution in [2.45, 2.75) is 4.90 Å². The van der Waals surface area contributed by atoms with Crippen molar-refractivity contribution >= 4 is 21.5 Å². The zero-order valence-corrected chi connectivity index (χ0v) is 12.3. The highest BCUT2D eigenvalue weighted by Gasteiger charge is 2.05. The first-order valence-corrected chi connectivity index (χ1v) is 7.27. The quantitative estimate of drug-likeness (QED) is 0.390. The van der Waals surface area contributed by atoms with Crippen molar-refractivity contribution in [1.82, 2.24) is 0 Å². The Morgan fingerprint density at radius 1 is 1.25 bits per heavy atom. The van der Waals surface area contributed by atoms with Crippen LogP contribution in [0, 0.1) is 0 Å². The highest BCUT2D eigenvalue weighted by molar-refractivity contribution is 7.86. The summed E-state index contributed by atoms with van der Waals surface area (Å²) in [5.74, 6) is 0. The Morgan fingerprint density at radius 2 is 1.75 bits per heavy atom. The normalized spacial score (nSPS) is 10.6. The summed E-state index contributed by atoms with van der Waals surface area (Å²) in [6.45, 7) is 9.30. The molecule has 0 spiro atoms. The van der Waals surface area contributed by atoms with Crippen molar-refractivity contribution in [3.05, 3.63) is 43.5 Å². The first-order valence-electron chi connectivity index (χ1n) is 5.86. The first-order chi connectivity index (χ1) is 9.22. The van der Waals surface area contributed by atoms with E-state index in [1.54, 1.807) is 0 Å². The second-order valence-electron chi connectivity index (χ2n) is 4.19. The average molecular weight is 299 g/mol. The summed E-state index contributed by atoms with van der Waals surface area (Å²) >= 11 is 0. The summed E-state index contributed by atoms with van der Waals surface area (Å²) < 4.78 is 31.5. The van der Waals surface area contributed by atoms with E-state index in [-0.39, 0.29) is 5.69 Å². The number of rotatable bonds is 5. The van der Waals surface area contributed by atoms with Gasteiger partial charge < -0.3 is 20.9 Å². The molecule has 0 unspecified atom stereocenters. The lowest BCUT2D eigenvalue weighted by Crippen LogP contribution is -3.08. The lowest BCUT2D eigenvalue weighted by molar-refractivity contribution is -0.866. The molecule has 7 heteroatoms. The van der Waals surface area contributed by atoms with Crippen molar-refractivity contribution in [2.75, 3.05) is 31.6 Å². The van der Waals surface area contributed by atoms with Gasteiger partial charge in [-0.2, -0.15) is 0 Å². The summed E-state index contributed by atoms with van der Waals surface area (Å²) in [4.78, 5) is 0.992. The van der Waals surface area contributed by atoms with Crippen LogP contribution in [0.25, 0.3) is 0 Å². The monoisotopic (exact) mass is 299 g/mol. The molecule has 0 fully saturated rings. The van der Waals surface area contributed by atoms with Crippen molar-refractivity contribution in [3.8, 4) is 0 Å². The van der Waals surface area contributed by atoms with Gasteiger partial charge in [0, 0.05) is 5.69 Å². The third-order valence-corrected chi connectivity index (χ3v) is 3.20. The topological polar surface area (TPSA) is 114 Å². The number of hydrogen-bond donors (Lipinski definition) is 3. The SMILES string of the molecule is C=CC[NH+](C)CC=C.Nc1ccc(S(=O)(=O)[O-])c(N)c1. The molecule has 6 nitrogen and oxygen atoms in total. The standard InChI is InChI=1S/C7H13N.C6H8N2O3S/c1-4-6-8(3)7-5-2;7-4-1-2-6(5(8)3-4)12(9,10)11/h4-5H,1-2,6-7H2,3H3;1-3H,7-8H2,(H,9,10,11). The fourth-order valence-corrected chi connectivity index (χ4v) is 1.95. The van der Waals surface area contributed by atoms with Crippen LogP contribution in [0.3, 0.4) is 0 Å². The molecule has 20 heavy (non-hydrogen) atoms. The summed E-state index contributed by atoms with van der Waals surface area (Å²) in [7, 11) is -2.37. The van der Waals surface area contributed by atoms with E-state index < -0.39 is 15.0 Å². The fourth-order valence-electron chi connectivity index (χ4n) is 1.37. The van der Waals surface area contributed by atoms with Crippen molar-refractivity contribution in [2.24, 2.45) is 0 Å².